The first-order valence-corrected chi connectivity index (χ1v) is 10.6. The fourth-order valence-corrected chi connectivity index (χ4v) is 4.26. The second-order valence-corrected chi connectivity index (χ2v) is 8.91. The molecular formula is C23H28F2N6O. The van der Waals surface area contributed by atoms with E-state index in [4.69, 9.17) is 0 Å². The zero-order chi connectivity index (χ0) is 23.0. The van der Waals surface area contributed by atoms with Crippen LogP contribution in [-0.4, -0.2) is 68.9 Å². The van der Waals surface area contributed by atoms with Gasteiger partial charge < -0.3 is 14.9 Å². The predicted molar refractivity (Wildman–Crippen MR) is 119 cm³/mol. The summed E-state index contributed by atoms with van der Waals surface area (Å²) in [6.07, 6.45) is 3.41. The number of anilines is 1. The molecule has 1 aromatic carbocycles. The Balaban J connectivity index is 1.54. The number of rotatable bonds is 5. The van der Waals surface area contributed by atoms with Gasteiger partial charge in [0.1, 0.15) is 11.9 Å². The van der Waals surface area contributed by atoms with Gasteiger partial charge in [-0.05, 0) is 64.5 Å². The van der Waals surface area contributed by atoms with Gasteiger partial charge in [-0.2, -0.15) is 5.10 Å². The first kappa shape index (κ1) is 22.1. The van der Waals surface area contributed by atoms with Gasteiger partial charge in [-0.3, -0.25) is 0 Å². The van der Waals surface area contributed by atoms with E-state index in [0.29, 0.717) is 35.6 Å². The maximum Gasteiger partial charge on any atom is 0.161 e. The molecule has 0 radical (unpaired) electrons. The molecule has 3 atom stereocenters. The summed E-state index contributed by atoms with van der Waals surface area (Å²) in [5, 5.41) is 22.9. The third kappa shape index (κ3) is 4.17. The molecule has 1 N–H and O–H groups in total. The molecule has 32 heavy (non-hydrogen) atoms. The highest BCUT2D eigenvalue weighted by Gasteiger charge is 2.41. The van der Waals surface area contributed by atoms with Crippen LogP contribution in [-0.2, 0) is 0 Å². The minimum Gasteiger partial charge on any atom is -0.507 e. The van der Waals surface area contributed by atoms with Crippen LogP contribution in [0.5, 0.6) is 5.75 Å². The molecule has 4 rings (SSSR count). The van der Waals surface area contributed by atoms with E-state index in [-0.39, 0.29) is 17.3 Å². The van der Waals surface area contributed by atoms with E-state index in [0.717, 1.165) is 12.6 Å². The van der Waals surface area contributed by atoms with E-state index in [2.05, 4.69) is 27.1 Å². The Morgan fingerprint density at radius 2 is 1.94 bits per heavy atom. The Morgan fingerprint density at radius 3 is 2.53 bits per heavy atom. The molecule has 1 fully saturated rings. The summed E-state index contributed by atoms with van der Waals surface area (Å²) in [5.74, 6) is 0.0951. The number of nitrogens with zero attached hydrogens (tertiary/aromatic N) is 6. The van der Waals surface area contributed by atoms with Crippen molar-refractivity contribution in [2.45, 2.75) is 43.9 Å². The molecule has 1 aliphatic carbocycles. The highest BCUT2D eigenvalue weighted by Crippen LogP contribution is 2.37. The molecule has 1 unspecified atom stereocenters. The number of benzene rings is 1. The van der Waals surface area contributed by atoms with E-state index in [9.17, 15) is 13.9 Å². The van der Waals surface area contributed by atoms with Crippen molar-refractivity contribution >= 4 is 5.82 Å². The Hall–Kier alpha value is -3.07. The van der Waals surface area contributed by atoms with Gasteiger partial charge in [-0.25, -0.2) is 13.5 Å². The van der Waals surface area contributed by atoms with Crippen LogP contribution in [0.25, 0.3) is 16.9 Å². The number of hydrogen-bond donors (Lipinski definition) is 1. The van der Waals surface area contributed by atoms with Crippen LogP contribution < -0.4 is 4.90 Å². The molecule has 7 nitrogen and oxygen atoms in total. The fraction of sp³-hybridized carbons (Fsp3) is 0.435. The zero-order valence-electron chi connectivity index (χ0n) is 18.7. The smallest absolute Gasteiger partial charge is 0.161 e. The Bertz CT molecular complexity index is 1090. The Labute approximate surface area is 186 Å². The molecule has 1 aliphatic rings. The van der Waals surface area contributed by atoms with Crippen molar-refractivity contribution in [2.75, 3.05) is 26.0 Å². The van der Waals surface area contributed by atoms with Crippen molar-refractivity contribution in [3.8, 4) is 22.7 Å². The Kier molecular flexibility index (Phi) is 5.85. The van der Waals surface area contributed by atoms with Gasteiger partial charge in [0.05, 0.1) is 29.8 Å². The van der Waals surface area contributed by atoms with Crippen molar-refractivity contribution in [3.05, 3.63) is 48.5 Å². The lowest BCUT2D eigenvalue weighted by molar-refractivity contribution is 0.0661. The van der Waals surface area contributed by atoms with E-state index in [1.807, 2.05) is 26.0 Å². The van der Waals surface area contributed by atoms with Crippen molar-refractivity contribution in [1.82, 2.24) is 24.9 Å². The maximum absolute atomic E-state index is 14.8. The van der Waals surface area contributed by atoms with E-state index >= 15 is 0 Å². The third-order valence-corrected chi connectivity index (χ3v) is 6.69. The fourth-order valence-electron chi connectivity index (χ4n) is 4.26. The van der Waals surface area contributed by atoms with Crippen molar-refractivity contribution in [1.29, 1.82) is 0 Å². The van der Waals surface area contributed by atoms with Crippen LogP contribution in [0.4, 0.5) is 14.6 Å². The SMILES string of the molecule is CN(c1ccc(-c2ccc(-n3cc(F)cn3)cc2O)nn1)[C@H]1C[C@@](C)(N(C)C)CCC1F. The van der Waals surface area contributed by atoms with Crippen LogP contribution in [0, 0.1) is 5.82 Å². The summed E-state index contributed by atoms with van der Waals surface area (Å²) in [6, 6.07) is 8.12. The first-order chi connectivity index (χ1) is 15.2. The highest BCUT2D eigenvalue weighted by atomic mass is 19.1. The zero-order valence-corrected chi connectivity index (χ0v) is 18.7. The second-order valence-electron chi connectivity index (χ2n) is 8.91. The van der Waals surface area contributed by atoms with Crippen LogP contribution in [0.15, 0.2) is 42.7 Å². The molecule has 1 saturated carbocycles. The molecule has 0 spiro atoms. The number of alkyl halides is 1. The number of hydrogen-bond acceptors (Lipinski definition) is 6. The quantitative estimate of drug-likeness (QED) is 0.648. The van der Waals surface area contributed by atoms with Gasteiger partial charge in [-0.1, -0.05) is 0 Å². The summed E-state index contributed by atoms with van der Waals surface area (Å²) in [5.41, 5.74) is 1.43. The number of halogens is 2. The predicted octanol–water partition coefficient (Wildman–Crippen LogP) is 3.82. The minimum absolute atomic E-state index is 0.0216. The Morgan fingerprint density at radius 1 is 1.16 bits per heavy atom. The van der Waals surface area contributed by atoms with Crippen molar-refractivity contribution in [2.24, 2.45) is 0 Å². The monoisotopic (exact) mass is 442 g/mol. The molecule has 2 aromatic heterocycles. The molecule has 9 heteroatoms. The summed E-state index contributed by atoms with van der Waals surface area (Å²) < 4.78 is 29.3. The van der Waals surface area contributed by atoms with Crippen LogP contribution in [0.2, 0.25) is 0 Å². The normalized spacial score (nSPS) is 23.5. The van der Waals surface area contributed by atoms with E-state index in [1.165, 1.54) is 16.9 Å². The molecule has 170 valence electrons. The van der Waals surface area contributed by atoms with Crippen LogP contribution >= 0.6 is 0 Å². The number of aromatic nitrogens is 4. The molecule has 0 aliphatic heterocycles. The summed E-state index contributed by atoms with van der Waals surface area (Å²) >= 11 is 0. The number of phenols is 1. The summed E-state index contributed by atoms with van der Waals surface area (Å²) in [6.45, 7) is 2.17. The van der Waals surface area contributed by atoms with Crippen molar-refractivity contribution < 1.29 is 13.9 Å². The average molecular weight is 443 g/mol. The number of aromatic hydroxyl groups is 1. The summed E-state index contributed by atoms with van der Waals surface area (Å²) in [7, 11) is 5.91. The molecular weight excluding hydrogens is 414 g/mol. The van der Waals surface area contributed by atoms with Gasteiger partial charge in [-0.15, -0.1) is 10.2 Å². The van der Waals surface area contributed by atoms with Gasteiger partial charge in [0.25, 0.3) is 0 Å². The summed E-state index contributed by atoms with van der Waals surface area (Å²) in [4.78, 5) is 4.02. The maximum atomic E-state index is 14.8. The topological polar surface area (TPSA) is 70.3 Å². The molecule has 0 amide bonds. The molecule has 0 bridgehead atoms. The molecule has 0 saturated heterocycles. The third-order valence-electron chi connectivity index (χ3n) is 6.69. The molecule has 2 heterocycles. The van der Waals surface area contributed by atoms with Crippen LogP contribution in [0.1, 0.15) is 26.2 Å². The second kappa shape index (κ2) is 8.46. The lowest BCUT2D eigenvalue weighted by Gasteiger charge is -2.47. The van der Waals surface area contributed by atoms with Gasteiger partial charge in [0, 0.05) is 24.2 Å². The van der Waals surface area contributed by atoms with E-state index < -0.39 is 12.0 Å². The minimum atomic E-state index is -0.932. The lowest BCUT2D eigenvalue weighted by atomic mass is 9.78. The van der Waals surface area contributed by atoms with Gasteiger partial charge in [0.2, 0.25) is 0 Å². The van der Waals surface area contributed by atoms with Gasteiger partial charge >= 0.3 is 0 Å². The average Bonchev–Trinajstić information content (AvgIpc) is 3.21. The first-order valence-electron chi connectivity index (χ1n) is 10.6. The lowest BCUT2D eigenvalue weighted by Crippen LogP contribution is -2.54. The molecule has 3 aromatic rings. The van der Waals surface area contributed by atoms with Crippen molar-refractivity contribution in [3.63, 3.8) is 0 Å². The number of phenolic OH excluding ortho intramolecular Hbond substituents is 1. The largest absolute Gasteiger partial charge is 0.507 e. The van der Waals surface area contributed by atoms with Crippen LogP contribution in [0.3, 0.4) is 0 Å². The van der Waals surface area contributed by atoms with Gasteiger partial charge in [0.15, 0.2) is 11.6 Å². The standard InChI is InChI=1S/C23H28F2N6O/c1-23(29(2)3)10-9-18(25)20(12-23)30(4)22-8-7-19(27-28-22)17-6-5-16(11-21(17)32)31-14-15(24)13-26-31/h5-8,11,13-14,18,20,32H,9-10,12H2,1-4H3/t18?,20-,23-/m0/s1. The highest BCUT2D eigenvalue weighted by molar-refractivity contribution is 5.69. The van der Waals surface area contributed by atoms with E-state index in [1.54, 1.807) is 24.3 Å².